The fourth-order valence-corrected chi connectivity index (χ4v) is 3.38. The van der Waals surface area contributed by atoms with Gasteiger partial charge in [-0.2, -0.15) is 0 Å². The highest BCUT2D eigenvalue weighted by Gasteiger charge is 2.45. The lowest BCUT2D eigenvalue weighted by Crippen LogP contribution is -2.60. The van der Waals surface area contributed by atoms with E-state index in [1.54, 1.807) is 18.2 Å². The molecule has 31 heavy (non-hydrogen) atoms. The van der Waals surface area contributed by atoms with E-state index in [2.05, 4.69) is 5.32 Å². The Morgan fingerprint density at radius 2 is 1.81 bits per heavy atom. The molecule has 0 bridgehead atoms. The van der Waals surface area contributed by atoms with Crippen molar-refractivity contribution in [2.75, 3.05) is 6.61 Å². The number of amides is 1. The number of rotatable bonds is 6. The average molecular weight is 474 g/mol. The van der Waals surface area contributed by atoms with Crippen LogP contribution in [0.2, 0.25) is 10.0 Å². The van der Waals surface area contributed by atoms with Crippen LogP contribution in [0.4, 0.5) is 0 Å². The van der Waals surface area contributed by atoms with Crippen LogP contribution in [-0.2, 0) is 11.3 Å². The molecule has 0 saturated carbocycles. The van der Waals surface area contributed by atoms with Gasteiger partial charge in [0.25, 0.3) is 5.91 Å². The molecule has 1 amide bonds. The molecule has 5 atom stereocenters. The largest absolute Gasteiger partial charge is 0.507 e. The van der Waals surface area contributed by atoms with Crippen molar-refractivity contribution >= 4 is 29.1 Å². The maximum atomic E-state index is 12.7. The summed E-state index contributed by atoms with van der Waals surface area (Å²) in [4.78, 5) is 12.7. The summed E-state index contributed by atoms with van der Waals surface area (Å²) in [6.07, 6.45) is -7.59. The molecule has 2 aromatic carbocycles. The summed E-state index contributed by atoms with van der Waals surface area (Å²) in [6.45, 7) is -0.564. The molecule has 2 aromatic rings. The summed E-state index contributed by atoms with van der Waals surface area (Å²) in [5, 5.41) is 52.8. The molecule has 1 aliphatic heterocycles. The number of benzene rings is 2. The first-order valence-corrected chi connectivity index (χ1v) is 9.99. The third-order valence-corrected chi connectivity index (χ3v) is 5.50. The number of carbonyl (C=O) groups is 1. The van der Waals surface area contributed by atoms with E-state index in [-0.39, 0.29) is 17.9 Å². The van der Waals surface area contributed by atoms with Crippen LogP contribution in [0.1, 0.15) is 15.9 Å². The molecule has 6 N–H and O–H groups in total. The number of aliphatic hydroxyl groups is 4. The number of carbonyl (C=O) groups excluding carboxylic acids is 1. The van der Waals surface area contributed by atoms with Gasteiger partial charge in [-0.15, -0.1) is 0 Å². The van der Waals surface area contributed by atoms with Gasteiger partial charge in [-0.1, -0.05) is 35.3 Å². The highest BCUT2D eigenvalue weighted by molar-refractivity contribution is 6.42. The van der Waals surface area contributed by atoms with Gasteiger partial charge in [0.1, 0.15) is 41.5 Å². The molecule has 9 nitrogen and oxygen atoms in total. The van der Waals surface area contributed by atoms with Crippen LogP contribution >= 0.6 is 23.2 Å². The number of phenolic OH excluding ortho intramolecular Hbond substituents is 1. The third-order valence-electron chi connectivity index (χ3n) is 4.76. The van der Waals surface area contributed by atoms with Crippen molar-refractivity contribution in [2.45, 2.75) is 37.3 Å². The topological polar surface area (TPSA) is 149 Å². The van der Waals surface area contributed by atoms with Crippen LogP contribution in [0.3, 0.4) is 0 Å². The first-order chi connectivity index (χ1) is 14.7. The molecule has 0 radical (unpaired) electrons. The van der Waals surface area contributed by atoms with Gasteiger partial charge < -0.3 is 40.3 Å². The second-order valence-electron chi connectivity index (χ2n) is 6.90. The molecule has 1 fully saturated rings. The zero-order chi connectivity index (χ0) is 22.7. The summed E-state index contributed by atoms with van der Waals surface area (Å²) >= 11 is 11.8. The molecular weight excluding hydrogens is 453 g/mol. The number of nitrogens with one attached hydrogen (secondary N) is 1. The number of hydrogen-bond acceptors (Lipinski definition) is 8. The van der Waals surface area contributed by atoms with Gasteiger partial charge in [-0.25, -0.2) is 0 Å². The smallest absolute Gasteiger partial charge is 0.259 e. The fourth-order valence-electron chi connectivity index (χ4n) is 3.06. The van der Waals surface area contributed by atoms with Crippen molar-refractivity contribution in [1.29, 1.82) is 0 Å². The van der Waals surface area contributed by atoms with E-state index in [0.717, 1.165) is 0 Å². The van der Waals surface area contributed by atoms with Crippen LogP contribution in [0.5, 0.6) is 11.5 Å². The van der Waals surface area contributed by atoms with Gasteiger partial charge >= 0.3 is 0 Å². The SMILES string of the molecule is O=C(NCc1ccc(Cl)c(Cl)c1)c1c(O)cccc1O[C@@H]1O[C@H](CO)[C@@H](O)[C@H](O)[C@H]1O. The van der Waals surface area contributed by atoms with Crippen LogP contribution in [-0.4, -0.2) is 68.8 Å². The number of ether oxygens (including phenoxy) is 2. The van der Waals surface area contributed by atoms with Crippen molar-refractivity contribution in [2.24, 2.45) is 0 Å². The minimum atomic E-state index is -1.67. The second kappa shape index (κ2) is 10.0. The first kappa shape index (κ1) is 23.6. The van der Waals surface area contributed by atoms with Gasteiger partial charge in [-0.05, 0) is 29.8 Å². The van der Waals surface area contributed by atoms with E-state index < -0.39 is 49.0 Å². The maximum Gasteiger partial charge on any atom is 0.259 e. The van der Waals surface area contributed by atoms with E-state index >= 15 is 0 Å². The van der Waals surface area contributed by atoms with Gasteiger partial charge in [0, 0.05) is 6.54 Å². The Hall–Kier alpha value is -2.11. The van der Waals surface area contributed by atoms with Crippen molar-refractivity contribution in [3.63, 3.8) is 0 Å². The Balaban J connectivity index is 1.78. The van der Waals surface area contributed by atoms with Crippen LogP contribution < -0.4 is 10.1 Å². The van der Waals surface area contributed by atoms with E-state index in [0.29, 0.717) is 15.6 Å². The Morgan fingerprint density at radius 3 is 2.48 bits per heavy atom. The molecule has 1 saturated heterocycles. The summed E-state index contributed by atoms with van der Waals surface area (Å²) < 4.78 is 10.8. The molecule has 0 unspecified atom stereocenters. The monoisotopic (exact) mass is 473 g/mol. The zero-order valence-corrected chi connectivity index (χ0v) is 17.5. The third kappa shape index (κ3) is 5.21. The van der Waals surface area contributed by atoms with Crippen molar-refractivity contribution in [1.82, 2.24) is 5.32 Å². The van der Waals surface area contributed by atoms with Gasteiger partial charge in [0.05, 0.1) is 16.7 Å². The number of phenols is 1. The molecule has 1 heterocycles. The fraction of sp³-hybridized carbons (Fsp3) is 0.350. The van der Waals surface area contributed by atoms with Crippen molar-refractivity contribution in [3.05, 3.63) is 57.6 Å². The molecule has 0 aliphatic carbocycles. The maximum absolute atomic E-state index is 12.7. The molecule has 1 aliphatic rings. The van der Waals surface area contributed by atoms with Gasteiger partial charge in [0.2, 0.25) is 6.29 Å². The summed E-state index contributed by atoms with van der Waals surface area (Å²) in [5.41, 5.74) is 0.425. The highest BCUT2D eigenvalue weighted by atomic mass is 35.5. The van der Waals surface area contributed by atoms with Crippen LogP contribution in [0.25, 0.3) is 0 Å². The average Bonchev–Trinajstić information content (AvgIpc) is 2.74. The first-order valence-electron chi connectivity index (χ1n) is 9.24. The molecule has 0 aromatic heterocycles. The van der Waals surface area contributed by atoms with E-state index in [1.807, 2.05) is 0 Å². The number of aliphatic hydroxyl groups excluding tert-OH is 4. The lowest BCUT2D eigenvalue weighted by atomic mass is 9.99. The lowest BCUT2D eigenvalue weighted by molar-refractivity contribution is -0.277. The number of hydrogen-bond donors (Lipinski definition) is 6. The predicted molar refractivity (Wildman–Crippen MR) is 110 cm³/mol. The highest BCUT2D eigenvalue weighted by Crippen LogP contribution is 2.31. The minimum Gasteiger partial charge on any atom is -0.507 e. The molecule has 0 spiro atoms. The van der Waals surface area contributed by atoms with Crippen LogP contribution in [0.15, 0.2) is 36.4 Å². The number of halogens is 2. The van der Waals surface area contributed by atoms with Crippen molar-refractivity contribution in [3.8, 4) is 11.5 Å². The van der Waals surface area contributed by atoms with Gasteiger partial charge in [-0.3, -0.25) is 4.79 Å². The summed E-state index contributed by atoms with van der Waals surface area (Å²) in [5.74, 6) is -1.23. The van der Waals surface area contributed by atoms with Crippen LogP contribution in [0, 0.1) is 0 Å². The summed E-state index contributed by atoms with van der Waals surface area (Å²) in [7, 11) is 0. The normalized spacial score (nSPS) is 25.8. The minimum absolute atomic E-state index is 0.0730. The summed E-state index contributed by atoms with van der Waals surface area (Å²) in [6, 6.07) is 8.87. The molecule has 168 valence electrons. The van der Waals surface area contributed by atoms with E-state index in [9.17, 15) is 30.3 Å². The lowest BCUT2D eigenvalue weighted by Gasteiger charge is -2.39. The van der Waals surface area contributed by atoms with Gasteiger partial charge in [0.15, 0.2) is 0 Å². The predicted octanol–water partition coefficient (Wildman–Crippen LogP) is 0.808. The van der Waals surface area contributed by atoms with E-state index in [1.165, 1.54) is 18.2 Å². The molecule has 11 heteroatoms. The molecule has 3 rings (SSSR count). The Morgan fingerprint density at radius 1 is 1.06 bits per heavy atom. The Labute approximate surface area is 187 Å². The molecular formula is C20H21Cl2NO8. The second-order valence-corrected chi connectivity index (χ2v) is 7.71. The van der Waals surface area contributed by atoms with Crippen molar-refractivity contribution < 1.29 is 39.8 Å². The quantitative estimate of drug-likeness (QED) is 0.360. The zero-order valence-electron chi connectivity index (χ0n) is 16.0. The standard InChI is InChI=1S/C20H21Cl2NO8/c21-10-5-4-9(6-11(10)22)7-23-19(29)15-12(25)2-1-3-13(15)30-20-18(28)17(27)16(26)14(8-24)31-20/h1-6,14,16-18,20,24-28H,7-8H2,(H,23,29)/t14-,16-,17+,18-,20-/m1/s1. The number of aromatic hydroxyl groups is 1. The Kier molecular flexibility index (Phi) is 7.60. The Bertz CT molecular complexity index is 941. The van der Waals surface area contributed by atoms with E-state index in [4.69, 9.17) is 32.7 Å².